The van der Waals surface area contributed by atoms with Gasteiger partial charge in [0.25, 0.3) is 0 Å². The first-order valence-electron chi connectivity index (χ1n) is 6.32. The van der Waals surface area contributed by atoms with E-state index in [2.05, 4.69) is 29.1 Å². The number of nitrogens with zero attached hydrogens (tertiary/aromatic N) is 2. The molecule has 1 aromatic heterocycles. The van der Waals surface area contributed by atoms with E-state index in [9.17, 15) is 0 Å². The molecule has 1 rings (SSSR count). The van der Waals surface area contributed by atoms with Crippen LogP contribution in [0.3, 0.4) is 0 Å². The first-order valence-corrected chi connectivity index (χ1v) is 6.32. The summed E-state index contributed by atoms with van der Waals surface area (Å²) in [6, 6.07) is 2.27. The van der Waals surface area contributed by atoms with E-state index in [1.165, 1.54) is 25.7 Å². The highest BCUT2D eigenvalue weighted by atomic mass is 16.5. The number of rotatable bonds is 7. The third-order valence-corrected chi connectivity index (χ3v) is 2.66. The summed E-state index contributed by atoms with van der Waals surface area (Å²) >= 11 is 0. The lowest BCUT2D eigenvalue weighted by Crippen LogP contribution is -2.16. The predicted molar refractivity (Wildman–Crippen MR) is 70.5 cm³/mol. The Bertz CT molecular complexity index is 341. The third kappa shape index (κ3) is 5.02. The molecule has 0 amide bonds. The van der Waals surface area contributed by atoms with E-state index in [4.69, 9.17) is 4.74 Å². The molecule has 1 unspecified atom stereocenters. The minimum atomic E-state index is 0.431. The first-order chi connectivity index (χ1) is 8.15. The second-order valence-electron chi connectivity index (χ2n) is 4.38. The zero-order valence-electron chi connectivity index (χ0n) is 11.3. The zero-order valence-corrected chi connectivity index (χ0v) is 11.3. The van der Waals surface area contributed by atoms with Crippen molar-refractivity contribution in [1.82, 2.24) is 9.97 Å². The standard InChI is InChI=1S/C13H23N3O/c1-5-6-7-8-10(2)14-12-9-13(17-4)16-11(3)15-12/h9-10H,5-8H2,1-4H3,(H,14,15,16). The number of nitrogens with one attached hydrogen (secondary N) is 1. The fourth-order valence-corrected chi connectivity index (χ4v) is 1.74. The summed E-state index contributed by atoms with van der Waals surface area (Å²) in [4.78, 5) is 8.51. The van der Waals surface area contributed by atoms with Crippen molar-refractivity contribution in [2.45, 2.75) is 52.5 Å². The van der Waals surface area contributed by atoms with Gasteiger partial charge in [0, 0.05) is 12.1 Å². The quantitative estimate of drug-likeness (QED) is 0.740. The average Bonchev–Trinajstić information content (AvgIpc) is 2.28. The molecular formula is C13H23N3O. The van der Waals surface area contributed by atoms with Gasteiger partial charge in [-0.15, -0.1) is 0 Å². The maximum Gasteiger partial charge on any atom is 0.218 e. The Labute approximate surface area is 104 Å². The molecule has 0 saturated heterocycles. The van der Waals surface area contributed by atoms with E-state index in [0.717, 1.165) is 11.6 Å². The van der Waals surface area contributed by atoms with Crippen LogP contribution in [0, 0.1) is 6.92 Å². The van der Waals surface area contributed by atoms with Crippen molar-refractivity contribution in [2.24, 2.45) is 0 Å². The number of methoxy groups -OCH3 is 1. The predicted octanol–water partition coefficient (Wildman–Crippen LogP) is 3.17. The van der Waals surface area contributed by atoms with Crippen molar-refractivity contribution >= 4 is 5.82 Å². The second kappa shape index (κ2) is 7.09. The lowest BCUT2D eigenvalue weighted by atomic mass is 10.1. The zero-order chi connectivity index (χ0) is 12.7. The normalized spacial score (nSPS) is 12.2. The maximum absolute atomic E-state index is 5.12. The number of aryl methyl sites for hydroxylation is 1. The molecule has 0 fully saturated rings. The minimum absolute atomic E-state index is 0.431. The highest BCUT2D eigenvalue weighted by molar-refractivity contribution is 5.39. The number of unbranched alkanes of at least 4 members (excludes halogenated alkanes) is 2. The molecule has 0 spiro atoms. The molecule has 96 valence electrons. The lowest BCUT2D eigenvalue weighted by Gasteiger charge is -2.14. The second-order valence-corrected chi connectivity index (χ2v) is 4.38. The fourth-order valence-electron chi connectivity index (χ4n) is 1.74. The summed E-state index contributed by atoms with van der Waals surface area (Å²) in [6.45, 7) is 6.27. The molecule has 0 aromatic carbocycles. The van der Waals surface area contributed by atoms with Crippen molar-refractivity contribution in [3.8, 4) is 5.88 Å². The van der Waals surface area contributed by atoms with Crippen molar-refractivity contribution in [1.29, 1.82) is 0 Å². The van der Waals surface area contributed by atoms with E-state index < -0.39 is 0 Å². The molecule has 0 aliphatic heterocycles. The van der Waals surface area contributed by atoms with E-state index >= 15 is 0 Å². The summed E-state index contributed by atoms with van der Waals surface area (Å²) in [6.07, 6.45) is 4.97. The van der Waals surface area contributed by atoms with Crippen LogP contribution >= 0.6 is 0 Å². The van der Waals surface area contributed by atoms with Crippen LogP contribution in [-0.4, -0.2) is 23.1 Å². The van der Waals surface area contributed by atoms with Gasteiger partial charge in [0.2, 0.25) is 5.88 Å². The molecule has 1 heterocycles. The van der Waals surface area contributed by atoms with E-state index in [1.807, 2.05) is 13.0 Å². The number of aromatic nitrogens is 2. The number of hydrogen-bond donors (Lipinski definition) is 1. The van der Waals surface area contributed by atoms with Crippen LogP contribution in [0.15, 0.2) is 6.07 Å². The molecule has 4 nitrogen and oxygen atoms in total. The van der Waals surface area contributed by atoms with Crippen LogP contribution in [0.4, 0.5) is 5.82 Å². The third-order valence-electron chi connectivity index (χ3n) is 2.66. The molecule has 0 saturated carbocycles. The largest absolute Gasteiger partial charge is 0.481 e. The molecular weight excluding hydrogens is 214 g/mol. The summed E-state index contributed by atoms with van der Waals surface area (Å²) < 4.78 is 5.12. The lowest BCUT2D eigenvalue weighted by molar-refractivity contribution is 0.396. The van der Waals surface area contributed by atoms with Crippen LogP contribution in [0.25, 0.3) is 0 Å². The smallest absolute Gasteiger partial charge is 0.218 e. The topological polar surface area (TPSA) is 47.0 Å². The molecule has 0 aliphatic rings. The van der Waals surface area contributed by atoms with Crippen LogP contribution < -0.4 is 10.1 Å². The van der Waals surface area contributed by atoms with Gasteiger partial charge in [-0.05, 0) is 20.3 Å². The highest BCUT2D eigenvalue weighted by Gasteiger charge is 2.05. The van der Waals surface area contributed by atoms with Gasteiger partial charge in [-0.25, -0.2) is 4.98 Å². The Morgan fingerprint density at radius 3 is 2.76 bits per heavy atom. The van der Waals surface area contributed by atoms with E-state index in [1.54, 1.807) is 7.11 Å². The Morgan fingerprint density at radius 1 is 1.35 bits per heavy atom. The number of anilines is 1. The highest BCUT2D eigenvalue weighted by Crippen LogP contribution is 2.15. The van der Waals surface area contributed by atoms with E-state index in [-0.39, 0.29) is 0 Å². The molecule has 0 radical (unpaired) electrons. The van der Waals surface area contributed by atoms with Crippen LogP contribution in [0.5, 0.6) is 5.88 Å². The monoisotopic (exact) mass is 237 g/mol. The van der Waals surface area contributed by atoms with E-state index in [0.29, 0.717) is 11.9 Å². The van der Waals surface area contributed by atoms with Crippen molar-refractivity contribution in [3.63, 3.8) is 0 Å². The van der Waals surface area contributed by atoms with Crippen LogP contribution in [-0.2, 0) is 0 Å². The SMILES string of the molecule is CCCCCC(C)Nc1cc(OC)nc(C)n1. The van der Waals surface area contributed by atoms with Gasteiger partial charge >= 0.3 is 0 Å². The Kier molecular flexibility index (Phi) is 5.73. The van der Waals surface area contributed by atoms with Gasteiger partial charge in [-0.1, -0.05) is 26.2 Å². The van der Waals surface area contributed by atoms with Gasteiger partial charge in [0.15, 0.2) is 0 Å². The van der Waals surface area contributed by atoms with Gasteiger partial charge in [0.05, 0.1) is 7.11 Å². The molecule has 1 atom stereocenters. The van der Waals surface area contributed by atoms with Crippen LogP contribution in [0.1, 0.15) is 45.4 Å². The van der Waals surface area contributed by atoms with Crippen LogP contribution in [0.2, 0.25) is 0 Å². The molecule has 17 heavy (non-hydrogen) atoms. The van der Waals surface area contributed by atoms with Gasteiger partial charge < -0.3 is 10.1 Å². The van der Waals surface area contributed by atoms with Crippen molar-refractivity contribution < 1.29 is 4.74 Å². The van der Waals surface area contributed by atoms with Gasteiger partial charge in [-0.2, -0.15) is 4.98 Å². The maximum atomic E-state index is 5.12. The number of ether oxygens (including phenoxy) is 1. The molecule has 1 N–H and O–H groups in total. The summed E-state index contributed by atoms with van der Waals surface area (Å²) in [5.41, 5.74) is 0. The Balaban J connectivity index is 2.52. The Hall–Kier alpha value is -1.32. The summed E-state index contributed by atoms with van der Waals surface area (Å²) in [5.74, 6) is 2.19. The Morgan fingerprint density at radius 2 is 2.12 bits per heavy atom. The first kappa shape index (κ1) is 13.7. The summed E-state index contributed by atoms with van der Waals surface area (Å²) in [7, 11) is 1.62. The fraction of sp³-hybridized carbons (Fsp3) is 0.692. The molecule has 0 aliphatic carbocycles. The minimum Gasteiger partial charge on any atom is -0.481 e. The molecule has 0 bridgehead atoms. The summed E-state index contributed by atoms with van der Waals surface area (Å²) in [5, 5.41) is 3.39. The van der Waals surface area contributed by atoms with Gasteiger partial charge in [0.1, 0.15) is 11.6 Å². The van der Waals surface area contributed by atoms with Crippen molar-refractivity contribution in [3.05, 3.63) is 11.9 Å². The van der Waals surface area contributed by atoms with Crippen molar-refractivity contribution in [2.75, 3.05) is 12.4 Å². The average molecular weight is 237 g/mol. The number of hydrogen-bond acceptors (Lipinski definition) is 4. The molecule has 4 heteroatoms. The molecule has 1 aromatic rings. The van der Waals surface area contributed by atoms with Gasteiger partial charge in [-0.3, -0.25) is 0 Å².